The summed E-state index contributed by atoms with van der Waals surface area (Å²) in [5.41, 5.74) is 0.927. The number of thioether (sulfide) groups is 1. The number of halogens is 1. The first kappa shape index (κ1) is 17.3. The predicted molar refractivity (Wildman–Crippen MR) is 98.7 cm³/mol. The fourth-order valence-corrected chi connectivity index (χ4v) is 2.88. The van der Waals surface area contributed by atoms with Crippen molar-refractivity contribution >= 4 is 53.0 Å². The maximum absolute atomic E-state index is 12.7. The highest BCUT2D eigenvalue weighted by Gasteiger charge is 2.36. The topological polar surface area (TPSA) is 66.5 Å². The van der Waals surface area contributed by atoms with Crippen LogP contribution in [-0.4, -0.2) is 24.1 Å². The lowest BCUT2D eigenvalue weighted by Crippen LogP contribution is -2.54. The van der Waals surface area contributed by atoms with Gasteiger partial charge in [-0.25, -0.2) is 9.69 Å². The number of carbonyl (C=O) groups is 3. The SMILES string of the molecule is CSc1ccc(/C=C2\C(=O)NC(=O)N(c3ccc(Cl)cc3)C2=O)cc1. The highest BCUT2D eigenvalue weighted by Crippen LogP contribution is 2.24. The number of nitrogens with one attached hydrogen (secondary N) is 1. The van der Waals surface area contributed by atoms with E-state index in [0.29, 0.717) is 16.3 Å². The summed E-state index contributed by atoms with van der Waals surface area (Å²) in [5, 5.41) is 2.67. The molecule has 1 aliphatic rings. The highest BCUT2D eigenvalue weighted by atomic mass is 35.5. The zero-order valence-electron chi connectivity index (χ0n) is 13.2. The number of nitrogens with zero attached hydrogens (tertiary/aromatic N) is 1. The van der Waals surface area contributed by atoms with Gasteiger partial charge in [0.25, 0.3) is 11.8 Å². The molecule has 0 spiro atoms. The number of carbonyl (C=O) groups excluding carboxylic acids is 3. The van der Waals surface area contributed by atoms with Crippen molar-refractivity contribution in [1.82, 2.24) is 5.32 Å². The molecule has 1 fully saturated rings. The standard InChI is InChI=1S/C18H13ClN2O3S/c1-25-14-8-2-11(3-9-14)10-15-16(22)20-18(24)21(17(15)23)13-6-4-12(19)5-7-13/h2-10H,1H3,(H,20,22,24)/b15-10+. The van der Waals surface area contributed by atoms with Crippen LogP contribution in [0.25, 0.3) is 6.08 Å². The molecular formula is C18H13ClN2O3S. The second kappa shape index (κ2) is 7.13. The molecule has 126 valence electrons. The quantitative estimate of drug-likeness (QED) is 0.506. The summed E-state index contributed by atoms with van der Waals surface area (Å²) in [4.78, 5) is 38.9. The minimum absolute atomic E-state index is 0.105. The Balaban J connectivity index is 1.97. The van der Waals surface area contributed by atoms with E-state index in [-0.39, 0.29) is 5.57 Å². The highest BCUT2D eigenvalue weighted by molar-refractivity contribution is 7.98. The van der Waals surface area contributed by atoms with Crippen molar-refractivity contribution in [2.24, 2.45) is 0 Å². The Bertz CT molecular complexity index is 876. The number of hydrogen-bond donors (Lipinski definition) is 1. The van der Waals surface area contributed by atoms with Gasteiger partial charge in [0.05, 0.1) is 5.69 Å². The fraction of sp³-hybridized carbons (Fsp3) is 0.0556. The van der Waals surface area contributed by atoms with Crippen molar-refractivity contribution in [2.45, 2.75) is 4.90 Å². The van der Waals surface area contributed by atoms with Gasteiger partial charge < -0.3 is 0 Å². The molecule has 0 atom stereocenters. The van der Waals surface area contributed by atoms with E-state index < -0.39 is 17.8 Å². The summed E-state index contributed by atoms with van der Waals surface area (Å²) in [7, 11) is 0. The lowest BCUT2D eigenvalue weighted by molar-refractivity contribution is -0.122. The van der Waals surface area contributed by atoms with E-state index in [0.717, 1.165) is 9.80 Å². The van der Waals surface area contributed by atoms with Crippen LogP contribution in [0, 0.1) is 0 Å². The molecular weight excluding hydrogens is 360 g/mol. The van der Waals surface area contributed by atoms with E-state index in [2.05, 4.69) is 5.32 Å². The first-order chi connectivity index (χ1) is 12.0. The third kappa shape index (κ3) is 3.60. The molecule has 5 nitrogen and oxygen atoms in total. The Morgan fingerprint density at radius 2 is 1.64 bits per heavy atom. The molecule has 7 heteroatoms. The van der Waals surface area contributed by atoms with Gasteiger partial charge in [0.2, 0.25) is 0 Å². The second-order valence-corrected chi connectivity index (χ2v) is 6.52. The van der Waals surface area contributed by atoms with Crippen LogP contribution in [0.2, 0.25) is 5.02 Å². The summed E-state index contributed by atoms with van der Waals surface area (Å²) in [6, 6.07) is 12.8. The molecule has 0 aliphatic carbocycles. The Kier molecular flexibility index (Phi) is 4.92. The number of anilines is 1. The molecule has 1 saturated heterocycles. The average Bonchev–Trinajstić information content (AvgIpc) is 2.60. The summed E-state index contributed by atoms with van der Waals surface area (Å²) in [6.45, 7) is 0. The molecule has 1 N–H and O–H groups in total. The van der Waals surface area contributed by atoms with Crippen LogP contribution in [0.3, 0.4) is 0 Å². The van der Waals surface area contributed by atoms with Gasteiger partial charge in [-0.15, -0.1) is 11.8 Å². The van der Waals surface area contributed by atoms with Crippen LogP contribution in [0.5, 0.6) is 0 Å². The summed E-state index contributed by atoms with van der Waals surface area (Å²) >= 11 is 7.43. The normalized spacial score (nSPS) is 16.3. The van der Waals surface area contributed by atoms with E-state index >= 15 is 0 Å². The van der Waals surface area contributed by atoms with Gasteiger partial charge in [0, 0.05) is 9.92 Å². The van der Waals surface area contributed by atoms with Gasteiger partial charge in [0.1, 0.15) is 5.57 Å². The van der Waals surface area contributed by atoms with Gasteiger partial charge >= 0.3 is 6.03 Å². The number of barbiturate groups is 1. The predicted octanol–water partition coefficient (Wildman–Crippen LogP) is 3.73. The molecule has 25 heavy (non-hydrogen) atoms. The van der Waals surface area contributed by atoms with Crippen molar-refractivity contribution in [3.8, 4) is 0 Å². The first-order valence-electron chi connectivity index (χ1n) is 7.30. The maximum Gasteiger partial charge on any atom is 0.335 e. The molecule has 0 radical (unpaired) electrons. The molecule has 0 unspecified atom stereocenters. The average molecular weight is 373 g/mol. The lowest BCUT2D eigenvalue weighted by atomic mass is 10.1. The zero-order valence-corrected chi connectivity index (χ0v) is 14.7. The first-order valence-corrected chi connectivity index (χ1v) is 8.91. The van der Waals surface area contributed by atoms with Gasteiger partial charge in [0.15, 0.2) is 0 Å². The van der Waals surface area contributed by atoms with Crippen molar-refractivity contribution in [2.75, 3.05) is 11.2 Å². The molecule has 1 heterocycles. The van der Waals surface area contributed by atoms with Crippen LogP contribution in [-0.2, 0) is 9.59 Å². The summed E-state index contributed by atoms with van der Waals surface area (Å²) in [5.74, 6) is -1.39. The van der Waals surface area contributed by atoms with Gasteiger partial charge in [-0.05, 0) is 54.3 Å². The van der Waals surface area contributed by atoms with E-state index in [9.17, 15) is 14.4 Å². The largest absolute Gasteiger partial charge is 0.335 e. The van der Waals surface area contributed by atoms with E-state index in [1.54, 1.807) is 36.0 Å². The Labute approximate surface area is 153 Å². The number of rotatable bonds is 3. The van der Waals surface area contributed by atoms with Gasteiger partial charge in [-0.3, -0.25) is 14.9 Å². The van der Waals surface area contributed by atoms with Gasteiger partial charge in [-0.1, -0.05) is 23.7 Å². The number of imide groups is 2. The zero-order chi connectivity index (χ0) is 18.0. The van der Waals surface area contributed by atoms with Crippen molar-refractivity contribution in [3.05, 3.63) is 64.7 Å². The fourth-order valence-electron chi connectivity index (χ4n) is 2.35. The second-order valence-electron chi connectivity index (χ2n) is 5.21. The number of urea groups is 1. The van der Waals surface area contributed by atoms with Crippen LogP contribution in [0.4, 0.5) is 10.5 Å². The molecule has 1 aliphatic heterocycles. The van der Waals surface area contributed by atoms with Crippen LogP contribution >= 0.6 is 23.4 Å². The minimum atomic E-state index is -0.785. The third-order valence-corrected chi connectivity index (χ3v) is 4.61. The Morgan fingerprint density at radius 3 is 2.24 bits per heavy atom. The lowest BCUT2D eigenvalue weighted by Gasteiger charge is -2.26. The van der Waals surface area contributed by atoms with E-state index in [1.165, 1.54) is 6.08 Å². The number of hydrogen-bond acceptors (Lipinski definition) is 4. The van der Waals surface area contributed by atoms with Crippen molar-refractivity contribution in [1.29, 1.82) is 0 Å². The number of amides is 4. The molecule has 0 saturated carbocycles. The van der Waals surface area contributed by atoms with E-state index in [1.807, 2.05) is 30.5 Å². The Morgan fingerprint density at radius 1 is 1.00 bits per heavy atom. The molecule has 2 aromatic rings. The van der Waals surface area contributed by atoms with Crippen LogP contribution in [0.15, 0.2) is 59.0 Å². The molecule has 3 rings (SSSR count). The molecule has 0 bridgehead atoms. The Hall–Kier alpha value is -2.57. The smallest absolute Gasteiger partial charge is 0.273 e. The van der Waals surface area contributed by atoms with Crippen LogP contribution < -0.4 is 10.2 Å². The van der Waals surface area contributed by atoms with Gasteiger partial charge in [-0.2, -0.15) is 0 Å². The van der Waals surface area contributed by atoms with Crippen molar-refractivity contribution in [3.63, 3.8) is 0 Å². The number of benzene rings is 2. The molecule has 2 aromatic carbocycles. The van der Waals surface area contributed by atoms with Crippen LogP contribution in [0.1, 0.15) is 5.56 Å². The van der Waals surface area contributed by atoms with Crippen molar-refractivity contribution < 1.29 is 14.4 Å². The van der Waals surface area contributed by atoms with E-state index in [4.69, 9.17) is 11.6 Å². The monoisotopic (exact) mass is 372 g/mol. The summed E-state index contributed by atoms with van der Waals surface area (Å²) < 4.78 is 0. The molecule has 4 amide bonds. The summed E-state index contributed by atoms with van der Waals surface area (Å²) in [6.07, 6.45) is 3.43. The third-order valence-electron chi connectivity index (χ3n) is 3.61. The molecule has 0 aromatic heterocycles. The minimum Gasteiger partial charge on any atom is -0.273 e. The maximum atomic E-state index is 12.7.